The summed E-state index contributed by atoms with van der Waals surface area (Å²) in [5.74, 6) is 0. The molecule has 0 saturated heterocycles. The highest BCUT2D eigenvalue weighted by atomic mass is 35.5. The lowest BCUT2D eigenvalue weighted by molar-refractivity contribution is 0.257. The minimum atomic E-state index is -0.142. The van der Waals surface area contributed by atoms with Gasteiger partial charge in [-0.1, -0.05) is 23.7 Å². The lowest BCUT2D eigenvalue weighted by Gasteiger charge is -2.19. The Morgan fingerprint density at radius 1 is 1.04 bits per heavy atom. The second kappa shape index (κ2) is 7.28. The number of halogens is 1. The van der Waals surface area contributed by atoms with Crippen molar-refractivity contribution in [3.8, 4) is 11.1 Å². The van der Waals surface area contributed by atoms with E-state index in [1.807, 2.05) is 43.5 Å². The molecular formula is C23H22ClN3O. The number of rotatable bonds is 2. The number of aryl methyl sites for hydroxylation is 3. The van der Waals surface area contributed by atoms with Gasteiger partial charge in [-0.3, -0.25) is 9.88 Å². The number of carbonyl (C=O) groups is 1. The number of hydrogen-bond acceptors (Lipinski definition) is 2. The number of amides is 2. The van der Waals surface area contributed by atoms with Crippen molar-refractivity contribution in [2.45, 2.75) is 27.2 Å². The molecule has 0 bridgehead atoms. The quantitative estimate of drug-likeness (QED) is 0.589. The zero-order chi connectivity index (χ0) is 19.8. The van der Waals surface area contributed by atoms with Crippen molar-refractivity contribution in [3.63, 3.8) is 0 Å². The number of hydrogen-bond donors (Lipinski definition) is 1. The molecule has 0 spiro atoms. The number of nitrogens with zero attached hydrogens (tertiary/aromatic N) is 2. The molecule has 0 saturated carbocycles. The van der Waals surface area contributed by atoms with Gasteiger partial charge in [0.15, 0.2) is 0 Å². The summed E-state index contributed by atoms with van der Waals surface area (Å²) >= 11 is 6.28. The molecule has 0 aliphatic carbocycles. The monoisotopic (exact) mass is 391 g/mol. The molecule has 1 N–H and O–H groups in total. The van der Waals surface area contributed by atoms with Gasteiger partial charge in [-0.05, 0) is 79.3 Å². The van der Waals surface area contributed by atoms with Gasteiger partial charge in [0.25, 0.3) is 0 Å². The Kier molecular flexibility index (Phi) is 4.82. The maximum Gasteiger partial charge on any atom is 0.326 e. The first kappa shape index (κ1) is 18.5. The van der Waals surface area contributed by atoms with Gasteiger partial charge in [0, 0.05) is 35.2 Å². The Bertz CT molecular complexity index is 1080. The van der Waals surface area contributed by atoms with Crippen LogP contribution in [0.5, 0.6) is 0 Å². The Labute approximate surface area is 170 Å². The lowest BCUT2D eigenvalue weighted by Crippen LogP contribution is -2.33. The maximum absolute atomic E-state index is 12.9. The Hall–Kier alpha value is -2.85. The van der Waals surface area contributed by atoms with Crippen LogP contribution in [0.4, 0.5) is 16.2 Å². The number of fused-ring (bicyclic) bond motifs is 1. The summed E-state index contributed by atoms with van der Waals surface area (Å²) in [7, 11) is 0. The second-order valence-corrected chi connectivity index (χ2v) is 7.69. The Morgan fingerprint density at radius 3 is 2.61 bits per heavy atom. The Morgan fingerprint density at radius 2 is 1.82 bits per heavy atom. The third-order valence-electron chi connectivity index (χ3n) is 5.32. The van der Waals surface area contributed by atoms with Gasteiger partial charge < -0.3 is 5.32 Å². The number of urea groups is 1. The first-order valence-corrected chi connectivity index (χ1v) is 9.71. The molecule has 4 rings (SSSR count). The molecule has 1 aliphatic rings. The minimum Gasteiger partial charge on any atom is -0.308 e. The fourth-order valence-electron chi connectivity index (χ4n) is 3.67. The topological polar surface area (TPSA) is 45.2 Å². The van der Waals surface area contributed by atoms with Crippen LogP contribution < -0.4 is 10.2 Å². The van der Waals surface area contributed by atoms with E-state index in [0.29, 0.717) is 11.6 Å². The molecular weight excluding hydrogens is 370 g/mol. The molecule has 2 heterocycles. The van der Waals surface area contributed by atoms with Crippen LogP contribution in [0.2, 0.25) is 5.02 Å². The van der Waals surface area contributed by atoms with Crippen molar-refractivity contribution in [3.05, 3.63) is 76.1 Å². The third-order valence-corrected chi connectivity index (χ3v) is 5.73. The highest BCUT2D eigenvalue weighted by molar-refractivity contribution is 6.31. The molecule has 0 unspecified atom stereocenters. The third kappa shape index (κ3) is 3.36. The summed E-state index contributed by atoms with van der Waals surface area (Å²) in [6.07, 6.45) is 4.50. The fraction of sp³-hybridized carbons (Fsp3) is 0.217. The van der Waals surface area contributed by atoms with Crippen LogP contribution in [-0.4, -0.2) is 17.6 Å². The molecule has 142 valence electrons. The van der Waals surface area contributed by atoms with Crippen LogP contribution in [0.1, 0.15) is 22.3 Å². The van der Waals surface area contributed by atoms with E-state index in [2.05, 4.69) is 30.2 Å². The number of pyridine rings is 1. The average Bonchev–Trinajstić information content (AvgIpc) is 3.07. The molecule has 2 amide bonds. The van der Waals surface area contributed by atoms with E-state index in [1.165, 1.54) is 0 Å². The van der Waals surface area contributed by atoms with E-state index in [4.69, 9.17) is 11.6 Å². The van der Waals surface area contributed by atoms with Gasteiger partial charge in [-0.15, -0.1) is 0 Å². The normalized spacial score (nSPS) is 12.8. The molecule has 5 heteroatoms. The molecule has 0 radical (unpaired) electrons. The second-order valence-electron chi connectivity index (χ2n) is 7.28. The summed E-state index contributed by atoms with van der Waals surface area (Å²) in [6, 6.07) is 11.8. The van der Waals surface area contributed by atoms with Crippen LogP contribution in [-0.2, 0) is 6.42 Å². The van der Waals surface area contributed by atoms with Crippen LogP contribution in [0.3, 0.4) is 0 Å². The van der Waals surface area contributed by atoms with Crippen molar-refractivity contribution in [2.75, 3.05) is 16.8 Å². The van der Waals surface area contributed by atoms with Crippen LogP contribution in [0.15, 0.2) is 48.8 Å². The highest BCUT2D eigenvalue weighted by Crippen LogP contribution is 2.34. The summed E-state index contributed by atoms with van der Waals surface area (Å²) in [5, 5.41) is 3.72. The number of nitrogens with one attached hydrogen (secondary N) is 1. The van der Waals surface area contributed by atoms with Crippen molar-refractivity contribution < 1.29 is 4.79 Å². The van der Waals surface area contributed by atoms with E-state index < -0.39 is 0 Å². The van der Waals surface area contributed by atoms with Crippen molar-refractivity contribution in [1.29, 1.82) is 0 Å². The summed E-state index contributed by atoms with van der Waals surface area (Å²) < 4.78 is 0. The van der Waals surface area contributed by atoms with Crippen LogP contribution in [0.25, 0.3) is 11.1 Å². The van der Waals surface area contributed by atoms with Gasteiger partial charge in [0.1, 0.15) is 0 Å². The van der Waals surface area contributed by atoms with E-state index in [1.54, 1.807) is 11.1 Å². The van der Waals surface area contributed by atoms with Gasteiger partial charge >= 0.3 is 6.03 Å². The molecule has 0 atom stereocenters. The highest BCUT2D eigenvalue weighted by Gasteiger charge is 2.25. The SMILES string of the molecule is Cc1cc2c(cc1Cl)N(C(=O)Nc1ccc(C)c(-c3cnccc3C)c1)CC2. The molecule has 0 fully saturated rings. The van der Waals surface area contributed by atoms with Gasteiger partial charge in [-0.2, -0.15) is 0 Å². The lowest BCUT2D eigenvalue weighted by atomic mass is 9.98. The van der Waals surface area contributed by atoms with Crippen molar-refractivity contribution >= 4 is 29.0 Å². The summed E-state index contributed by atoms with van der Waals surface area (Å²) in [4.78, 5) is 18.9. The zero-order valence-corrected chi connectivity index (χ0v) is 17.0. The van der Waals surface area contributed by atoms with Gasteiger partial charge in [-0.25, -0.2) is 4.79 Å². The molecule has 1 aromatic heterocycles. The van der Waals surface area contributed by atoms with E-state index in [-0.39, 0.29) is 6.03 Å². The van der Waals surface area contributed by atoms with E-state index in [9.17, 15) is 4.79 Å². The summed E-state index contributed by atoms with van der Waals surface area (Å²) in [5.41, 5.74) is 8.30. The van der Waals surface area contributed by atoms with Crippen LogP contribution >= 0.6 is 11.6 Å². The van der Waals surface area contributed by atoms with Gasteiger partial charge in [0.05, 0.1) is 5.69 Å². The van der Waals surface area contributed by atoms with Crippen molar-refractivity contribution in [1.82, 2.24) is 4.98 Å². The Balaban J connectivity index is 1.61. The van der Waals surface area contributed by atoms with Crippen LogP contribution in [0, 0.1) is 20.8 Å². The molecule has 4 nitrogen and oxygen atoms in total. The first-order valence-electron chi connectivity index (χ1n) is 9.33. The first-order chi connectivity index (χ1) is 13.4. The minimum absolute atomic E-state index is 0.142. The van der Waals surface area contributed by atoms with Gasteiger partial charge in [0.2, 0.25) is 0 Å². The largest absolute Gasteiger partial charge is 0.326 e. The average molecular weight is 392 g/mol. The zero-order valence-electron chi connectivity index (χ0n) is 16.2. The molecule has 1 aliphatic heterocycles. The number of benzene rings is 2. The predicted octanol–water partition coefficient (Wildman–Crippen LogP) is 5.92. The smallest absolute Gasteiger partial charge is 0.308 e. The molecule has 3 aromatic rings. The van der Waals surface area contributed by atoms with E-state index >= 15 is 0 Å². The summed E-state index contributed by atoms with van der Waals surface area (Å²) in [6.45, 7) is 6.77. The molecule has 28 heavy (non-hydrogen) atoms. The fourth-order valence-corrected chi connectivity index (χ4v) is 3.83. The number of anilines is 2. The predicted molar refractivity (Wildman–Crippen MR) is 115 cm³/mol. The number of carbonyl (C=O) groups excluding carboxylic acids is 1. The maximum atomic E-state index is 12.9. The van der Waals surface area contributed by atoms with Crippen molar-refractivity contribution in [2.24, 2.45) is 0 Å². The molecule has 2 aromatic carbocycles. The standard InChI is InChI=1S/C23H22ClN3O/c1-14-4-5-18(11-19(14)20-13-25-8-6-15(20)2)26-23(28)27-9-7-17-10-16(3)21(24)12-22(17)27/h4-6,8,10-13H,7,9H2,1-3H3,(H,26,28). The number of aromatic nitrogens is 1. The van der Waals surface area contributed by atoms with E-state index in [0.717, 1.165) is 51.2 Å².